The summed E-state index contributed by atoms with van der Waals surface area (Å²) in [4.78, 5) is 14.7. The monoisotopic (exact) mass is 246 g/mol. The van der Waals surface area contributed by atoms with Crippen molar-refractivity contribution in [3.63, 3.8) is 0 Å². The first-order valence-electron chi connectivity index (χ1n) is 5.95. The van der Waals surface area contributed by atoms with Crippen molar-refractivity contribution >= 4 is 16.9 Å². The van der Waals surface area contributed by atoms with Gasteiger partial charge in [0.05, 0.1) is 7.11 Å². The number of esters is 1. The Kier molecular flexibility index (Phi) is 3.39. The molecule has 0 fully saturated rings. The van der Waals surface area contributed by atoms with Crippen LogP contribution >= 0.6 is 0 Å². The van der Waals surface area contributed by atoms with Gasteiger partial charge in [-0.1, -0.05) is 18.6 Å². The van der Waals surface area contributed by atoms with Gasteiger partial charge >= 0.3 is 5.97 Å². The second kappa shape index (κ2) is 4.82. The fourth-order valence-electron chi connectivity index (χ4n) is 2.17. The number of H-pyrrole nitrogens is 1. The van der Waals surface area contributed by atoms with Crippen LogP contribution in [0, 0.1) is 6.92 Å². The highest BCUT2D eigenvalue weighted by Gasteiger charge is 2.24. The van der Waals surface area contributed by atoms with E-state index in [0.29, 0.717) is 0 Å². The minimum atomic E-state index is -0.644. The molecule has 0 aliphatic heterocycles. The number of aryl methyl sites for hydroxylation is 1. The highest BCUT2D eigenvalue weighted by molar-refractivity contribution is 5.86. The molecule has 1 heterocycles. The van der Waals surface area contributed by atoms with Crippen LogP contribution < -0.4 is 5.73 Å². The molecular formula is C14H18N2O2. The number of hydrogen-bond donors (Lipinski definition) is 2. The van der Waals surface area contributed by atoms with Gasteiger partial charge in [-0.05, 0) is 24.6 Å². The van der Waals surface area contributed by atoms with Gasteiger partial charge in [0, 0.05) is 23.0 Å². The Morgan fingerprint density at radius 2 is 2.17 bits per heavy atom. The average molecular weight is 246 g/mol. The number of carbonyl (C=O) groups excluding carboxylic acids is 1. The summed E-state index contributed by atoms with van der Waals surface area (Å²) in [6, 6.07) is 5.54. The normalized spacial score (nSPS) is 14.4. The fourth-order valence-corrected chi connectivity index (χ4v) is 2.17. The third-order valence-corrected chi connectivity index (χ3v) is 3.37. The number of methoxy groups -OCH3 is 1. The molecule has 2 atom stereocenters. The lowest BCUT2D eigenvalue weighted by molar-refractivity contribution is -0.142. The molecule has 18 heavy (non-hydrogen) atoms. The van der Waals surface area contributed by atoms with Crippen LogP contribution in [0.25, 0.3) is 10.9 Å². The number of carbonyl (C=O) groups is 1. The van der Waals surface area contributed by atoms with E-state index in [1.54, 1.807) is 0 Å². The molecule has 2 rings (SSSR count). The molecule has 0 radical (unpaired) electrons. The first-order chi connectivity index (χ1) is 8.54. The summed E-state index contributed by atoms with van der Waals surface area (Å²) in [5.74, 6) is -0.475. The van der Waals surface area contributed by atoms with E-state index in [-0.39, 0.29) is 11.9 Å². The van der Waals surface area contributed by atoms with Crippen LogP contribution in [0.2, 0.25) is 0 Å². The number of nitrogens with one attached hydrogen (secondary N) is 1. The Bertz CT molecular complexity index is 574. The fraction of sp³-hybridized carbons (Fsp3) is 0.357. The Hall–Kier alpha value is -1.81. The molecule has 4 heteroatoms. The van der Waals surface area contributed by atoms with E-state index in [9.17, 15) is 4.79 Å². The van der Waals surface area contributed by atoms with Crippen molar-refractivity contribution in [2.24, 2.45) is 5.73 Å². The van der Waals surface area contributed by atoms with Crippen LogP contribution in [-0.4, -0.2) is 24.1 Å². The van der Waals surface area contributed by atoms with Crippen molar-refractivity contribution in [2.75, 3.05) is 7.11 Å². The van der Waals surface area contributed by atoms with Crippen LogP contribution in [0.4, 0.5) is 0 Å². The molecule has 0 saturated heterocycles. The molecule has 1 aromatic heterocycles. The molecule has 0 amide bonds. The molecule has 0 saturated carbocycles. The van der Waals surface area contributed by atoms with E-state index in [1.165, 1.54) is 12.7 Å². The number of hydrogen-bond acceptors (Lipinski definition) is 3. The maximum Gasteiger partial charge on any atom is 0.323 e. The van der Waals surface area contributed by atoms with Crippen molar-refractivity contribution in [1.29, 1.82) is 0 Å². The zero-order valence-electron chi connectivity index (χ0n) is 10.9. The van der Waals surface area contributed by atoms with E-state index >= 15 is 0 Å². The van der Waals surface area contributed by atoms with Gasteiger partial charge < -0.3 is 15.5 Å². The van der Waals surface area contributed by atoms with Gasteiger partial charge in [-0.15, -0.1) is 0 Å². The largest absolute Gasteiger partial charge is 0.468 e. The predicted octanol–water partition coefficient (Wildman–Crippen LogP) is 2.08. The smallest absolute Gasteiger partial charge is 0.323 e. The number of fused-ring (bicyclic) bond motifs is 1. The van der Waals surface area contributed by atoms with Gasteiger partial charge in [-0.3, -0.25) is 4.79 Å². The van der Waals surface area contributed by atoms with Crippen molar-refractivity contribution in [2.45, 2.75) is 25.8 Å². The van der Waals surface area contributed by atoms with Gasteiger partial charge in [0.2, 0.25) is 0 Å². The van der Waals surface area contributed by atoms with Crippen molar-refractivity contribution in [3.05, 3.63) is 35.5 Å². The Morgan fingerprint density at radius 3 is 2.83 bits per heavy atom. The van der Waals surface area contributed by atoms with Crippen LogP contribution in [-0.2, 0) is 9.53 Å². The quantitative estimate of drug-likeness (QED) is 0.815. The molecule has 2 aromatic rings. The molecule has 96 valence electrons. The molecule has 0 spiro atoms. The van der Waals surface area contributed by atoms with Crippen molar-refractivity contribution in [1.82, 2.24) is 4.98 Å². The predicted molar refractivity (Wildman–Crippen MR) is 71.4 cm³/mol. The summed E-state index contributed by atoms with van der Waals surface area (Å²) < 4.78 is 4.69. The average Bonchev–Trinajstić information content (AvgIpc) is 2.78. The molecule has 0 bridgehead atoms. The second-order valence-corrected chi connectivity index (χ2v) is 4.63. The first kappa shape index (κ1) is 12.6. The van der Waals surface area contributed by atoms with Crippen LogP contribution in [0.3, 0.4) is 0 Å². The Morgan fingerprint density at radius 1 is 1.44 bits per heavy atom. The maximum atomic E-state index is 11.5. The van der Waals surface area contributed by atoms with Gasteiger partial charge in [0.25, 0.3) is 0 Å². The summed E-state index contributed by atoms with van der Waals surface area (Å²) in [7, 11) is 1.36. The van der Waals surface area contributed by atoms with Crippen LogP contribution in [0.1, 0.15) is 24.0 Å². The van der Waals surface area contributed by atoms with E-state index in [1.807, 2.05) is 32.2 Å². The number of nitrogens with two attached hydrogens (primary N) is 1. The summed E-state index contributed by atoms with van der Waals surface area (Å²) in [5.41, 5.74) is 9.19. The second-order valence-electron chi connectivity index (χ2n) is 4.63. The van der Waals surface area contributed by atoms with Gasteiger partial charge in [0.1, 0.15) is 6.04 Å². The van der Waals surface area contributed by atoms with E-state index in [0.717, 1.165) is 16.5 Å². The minimum Gasteiger partial charge on any atom is -0.468 e. The number of aromatic amines is 1. The number of aromatic nitrogens is 1. The molecule has 0 aliphatic carbocycles. The molecule has 4 nitrogen and oxygen atoms in total. The van der Waals surface area contributed by atoms with E-state index in [4.69, 9.17) is 10.5 Å². The van der Waals surface area contributed by atoms with Gasteiger partial charge in [0.15, 0.2) is 0 Å². The molecular weight excluding hydrogens is 228 g/mol. The lowest BCUT2D eigenvalue weighted by atomic mass is 9.93. The molecule has 3 N–H and O–H groups in total. The first-order valence-corrected chi connectivity index (χ1v) is 5.95. The minimum absolute atomic E-state index is 0.0898. The Labute approximate surface area is 106 Å². The SMILES string of the molecule is COC(=O)[C@@H](N)[C@H](C)c1c[nH]c2ccc(C)cc12. The van der Waals surface area contributed by atoms with E-state index in [2.05, 4.69) is 11.1 Å². The topological polar surface area (TPSA) is 68.1 Å². The number of rotatable bonds is 3. The molecule has 1 aromatic carbocycles. The van der Waals surface area contributed by atoms with Crippen LogP contribution in [0.5, 0.6) is 0 Å². The molecule has 0 aliphatic rings. The third kappa shape index (κ3) is 2.11. The summed E-state index contributed by atoms with van der Waals surface area (Å²) in [6.07, 6.45) is 1.91. The van der Waals surface area contributed by atoms with Gasteiger partial charge in [-0.2, -0.15) is 0 Å². The van der Waals surface area contributed by atoms with E-state index < -0.39 is 6.04 Å². The highest BCUT2D eigenvalue weighted by atomic mass is 16.5. The maximum absolute atomic E-state index is 11.5. The lowest BCUT2D eigenvalue weighted by Crippen LogP contribution is -2.36. The molecule has 0 unspecified atom stereocenters. The van der Waals surface area contributed by atoms with Crippen molar-refractivity contribution < 1.29 is 9.53 Å². The summed E-state index contributed by atoms with van der Waals surface area (Å²) in [6.45, 7) is 3.98. The summed E-state index contributed by atoms with van der Waals surface area (Å²) in [5, 5.41) is 1.11. The third-order valence-electron chi connectivity index (χ3n) is 3.37. The van der Waals surface area contributed by atoms with Crippen molar-refractivity contribution in [3.8, 4) is 0 Å². The standard InChI is InChI=1S/C14H18N2O2/c1-8-4-5-12-10(6-8)11(7-16-12)9(2)13(15)14(17)18-3/h4-7,9,13,16H,15H2,1-3H3/t9-,13+/m1/s1. The number of ether oxygens (including phenoxy) is 1. The summed E-state index contributed by atoms with van der Waals surface area (Å²) >= 11 is 0. The van der Waals surface area contributed by atoms with Gasteiger partial charge in [-0.25, -0.2) is 0 Å². The zero-order chi connectivity index (χ0) is 13.3. The zero-order valence-corrected chi connectivity index (χ0v) is 10.9. The lowest BCUT2D eigenvalue weighted by Gasteiger charge is -2.17. The number of benzene rings is 1. The highest BCUT2D eigenvalue weighted by Crippen LogP contribution is 2.28. The Balaban J connectivity index is 2.41. The van der Waals surface area contributed by atoms with Crippen LogP contribution in [0.15, 0.2) is 24.4 Å².